The minimum Gasteiger partial charge on any atom is -0.338 e. The smallest absolute Gasteiger partial charge is 0.255 e. The van der Waals surface area contributed by atoms with Gasteiger partial charge in [0, 0.05) is 32.0 Å². The number of para-hydroxylation sites is 1. The molecule has 2 aromatic rings. The van der Waals surface area contributed by atoms with E-state index in [0.717, 1.165) is 37.6 Å². The van der Waals surface area contributed by atoms with Crippen molar-refractivity contribution in [2.24, 2.45) is 5.92 Å². The molecule has 5 heteroatoms. The number of nitrogens with zero attached hydrogens (tertiary/aromatic N) is 3. The van der Waals surface area contributed by atoms with Crippen LogP contribution in [-0.2, 0) is 0 Å². The van der Waals surface area contributed by atoms with Crippen molar-refractivity contribution in [1.82, 2.24) is 15.2 Å². The molecule has 0 radical (unpaired) electrons. The van der Waals surface area contributed by atoms with Gasteiger partial charge in [0.25, 0.3) is 5.91 Å². The van der Waals surface area contributed by atoms with Crippen LogP contribution < -0.4 is 10.2 Å². The van der Waals surface area contributed by atoms with Crippen LogP contribution in [0.1, 0.15) is 23.2 Å². The number of nitrogens with one attached hydrogen (secondary N) is 1. The molecule has 0 spiro atoms. The number of pyridine rings is 1. The fourth-order valence-corrected chi connectivity index (χ4v) is 3.38. The number of hydrogen-bond acceptors (Lipinski definition) is 4. The molecule has 1 amide bonds. The quantitative estimate of drug-likeness (QED) is 0.911. The molecule has 25 heavy (non-hydrogen) atoms. The van der Waals surface area contributed by atoms with E-state index in [-0.39, 0.29) is 5.91 Å². The largest absolute Gasteiger partial charge is 0.338 e. The van der Waals surface area contributed by atoms with Gasteiger partial charge in [-0.15, -0.1) is 0 Å². The Hall–Kier alpha value is -2.40. The van der Waals surface area contributed by atoms with Crippen molar-refractivity contribution in [2.45, 2.75) is 12.8 Å². The lowest BCUT2D eigenvalue weighted by Crippen LogP contribution is -2.42. The lowest BCUT2D eigenvalue weighted by Gasteiger charge is -2.32. The minimum atomic E-state index is 0.0854. The number of piperidine rings is 1. The van der Waals surface area contributed by atoms with Crippen LogP contribution in [0.5, 0.6) is 0 Å². The number of amides is 1. The van der Waals surface area contributed by atoms with Crippen molar-refractivity contribution < 1.29 is 4.79 Å². The summed E-state index contributed by atoms with van der Waals surface area (Å²) in [4.78, 5) is 21.2. The molecule has 0 saturated carbocycles. The maximum Gasteiger partial charge on any atom is 0.255 e. The molecule has 1 N–H and O–H groups in total. The molecule has 1 aromatic carbocycles. The molecule has 1 aromatic heterocycles. The second-order valence-electron chi connectivity index (χ2n) is 6.62. The Bertz CT molecular complexity index is 685. The highest BCUT2D eigenvalue weighted by Gasteiger charge is 2.24. The molecular weight excluding hydrogens is 312 g/mol. The van der Waals surface area contributed by atoms with Gasteiger partial charge in [0.05, 0.1) is 5.56 Å². The van der Waals surface area contributed by atoms with Gasteiger partial charge in [-0.1, -0.05) is 18.2 Å². The average Bonchev–Trinajstić information content (AvgIpc) is 2.68. The molecular formula is C20H26N4O. The zero-order valence-corrected chi connectivity index (χ0v) is 15.0. The summed E-state index contributed by atoms with van der Waals surface area (Å²) in [5.41, 5.74) is 1.73. The molecule has 1 fully saturated rings. The SMILES string of the molecule is CNCC1CCCN(C(=O)c2ccc(N(C)c3ccccc3)nc2)C1. The predicted octanol–water partition coefficient (Wildman–Crippen LogP) is 2.92. The van der Waals surface area contributed by atoms with E-state index in [2.05, 4.69) is 10.3 Å². The third-order valence-electron chi connectivity index (χ3n) is 4.78. The standard InChI is InChI=1S/C20H26N4O/c1-21-13-16-7-6-12-24(15-16)20(25)17-10-11-19(22-14-17)23(2)18-8-4-3-5-9-18/h3-5,8-11,14,16,21H,6-7,12-13,15H2,1-2H3. The predicted molar refractivity (Wildman–Crippen MR) is 101 cm³/mol. The van der Waals surface area contributed by atoms with Gasteiger partial charge >= 0.3 is 0 Å². The lowest BCUT2D eigenvalue weighted by atomic mass is 9.97. The zero-order chi connectivity index (χ0) is 17.6. The molecule has 0 aliphatic carbocycles. The van der Waals surface area contributed by atoms with Gasteiger partial charge < -0.3 is 15.1 Å². The summed E-state index contributed by atoms with van der Waals surface area (Å²) in [5.74, 6) is 1.45. The fraction of sp³-hybridized carbons (Fsp3) is 0.400. The number of carbonyl (C=O) groups excluding carboxylic acids is 1. The van der Waals surface area contributed by atoms with E-state index < -0.39 is 0 Å². The third kappa shape index (κ3) is 4.17. The van der Waals surface area contributed by atoms with E-state index in [9.17, 15) is 4.79 Å². The van der Waals surface area contributed by atoms with Crippen LogP contribution in [0.25, 0.3) is 0 Å². The van der Waals surface area contributed by atoms with Crippen LogP contribution in [-0.4, -0.2) is 49.5 Å². The number of benzene rings is 1. The number of anilines is 2. The zero-order valence-electron chi connectivity index (χ0n) is 15.0. The van der Waals surface area contributed by atoms with E-state index >= 15 is 0 Å². The van der Waals surface area contributed by atoms with Crippen LogP contribution in [0.2, 0.25) is 0 Å². The van der Waals surface area contributed by atoms with E-state index in [0.29, 0.717) is 11.5 Å². The first kappa shape index (κ1) is 17.4. The van der Waals surface area contributed by atoms with Gasteiger partial charge in [0.1, 0.15) is 5.82 Å². The average molecular weight is 338 g/mol. The van der Waals surface area contributed by atoms with Crippen LogP contribution in [0.4, 0.5) is 11.5 Å². The molecule has 1 aliphatic heterocycles. The summed E-state index contributed by atoms with van der Waals surface area (Å²) in [5, 5.41) is 3.22. The second kappa shape index (κ2) is 8.12. The van der Waals surface area contributed by atoms with Crippen LogP contribution >= 0.6 is 0 Å². The van der Waals surface area contributed by atoms with E-state index in [4.69, 9.17) is 0 Å². The molecule has 0 bridgehead atoms. The van der Waals surface area contributed by atoms with Crippen LogP contribution in [0.3, 0.4) is 0 Å². The van der Waals surface area contributed by atoms with Crippen molar-refractivity contribution in [2.75, 3.05) is 38.6 Å². The van der Waals surface area contributed by atoms with E-state index in [1.165, 1.54) is 6.42 Å². The van der Waals surface area contributed by atoms with Crippen molar-refractivity contribution >= 4 is 17.4 Å². The monoisotopic (exact) mass is 338 g/mol. The number of likely N-dealkylation sites (tertiary alicyclic amines) is 1. The van der Waals surface area contributed by atoms with Gasteiger partial charge in [-0.25, -0.2) is 4.98 Å². The Morgan fingerprint density at radius 3 is 2.76 bits per heavy atom. The second-order valence-corrected chi connectivity index (χ2v) is 6.62. The molecule has 5 nitrogen and oxygen atoms in total. The maximum absolute atomic E-state index is 12.8. The molecule has 1 aliphatic rings. The highest BCUT2D eigenvalue weighted by atomic mass is 16.2. The maximum atomic E-state index is 12.8. The Morgan fingerprint density at radius 1 is 1.28 bits per heavy atom. The van der Waals surface area contributed by atoms with Crippen LogP contribution in [0.15, 0.2) is 48.7 Å². The number of aromatic nitrogens is 1. The normalized spacial score (nSPS) is 17.4. The number of hydrogen-bond donors (Lipinski definition) is 1. The van der Waals surface area contributed by atoms with Crippen LogP contribution in [0, 0.1) is 5.92 Å². The van der Waals surface area contributed by atoms with Crippen molar-refractivity contribution in [3.8, 4) is 0 Å². The summed E-state index contributed by atoms with van der Waals surface area (Å²) in [6.07, 6.45) is 3.95. The topological polar surface area (TPSA) is 48.5 Å². The summed E-state index contributed by atoms with van der Waals surface area (Å²) in [7, 11) is 3.94. The lowest BCUT2D eigenvalue weighted by molar-refractivity contribution is 0.0674. The summed E-state index contributed by atoms with van der Waals surface area (Å²) >= 11 is 0. The fourth-order valence-electron chi connectivity index (χ4n) is 3.38. The van der Waals surface area contributed by atoms with Crippen molar-refractivity contribution in [3.63, 3.8) is 0 Å². The Labute approximate surface area is 149 Å². The highest BCUT2D eigenvalue weighted by Crippen LogP contribution is 2.22. The van der Waals surface area contributed by atoms with E-state index in [1.807, 2.05) is 66.4 Å². The first-order valence-electron chi connectivity index (χ1n) is 8.87. The summed E-state index contributed by atoms with van der Waals surface area (Å²) in [6, 6.07) is 13.9. The summed E-state index contributed by atoms with van der Waals surface area (Å²) < 4.78 is 0. The molecule has 2 heterocycles. The Kier molecular flexibility index (Phi) is 5.66. The van der Waals surface area contributed by atoms with Gasteiger partial charge in [0.15, 0.2) is 0 Å². The van der Waals surface area contributed by atoms with Crippen molar-refractivity contribution in [3.05, 3.63) is 54.2 Å². The van der Waals surface area contributed by atoms with Gasteiger partial charge in [-0.05, 0) is 56.6 Å². The summed E-state index contributed by atoms with van der Waals surface area (Å²) in [6.45, 7) is 2.62. The van der Waals surface area contributed by atoms with E-state index in [1.54, 1.807) is 6.20 Å². The molecule has 1 unspecified atom stereocenters. The number of rotatable bonds is 5. The first-order chi connectivity index (χ1) is 12.2. The third-order valence-corrected chi connectivity index (χ3v) is 4.78. The van der Waals surface area contributed by atoms with Crippen molar-refractivity contribution in [1.29, 1.82) is 0 Å². The molecule has 132 valence electrons. The molecule has 1 atom stereocenters. The first-order valence-corrected chi connectivity index (χ1v) is 8.87. The number of carbonyl (C=O) groups is 1. The van der Waals surface area contributed by atoms with Gasteiger partial charge in [-0.3, -0.25) is 4.79 Å². The molecule has 3 rings (SSSR count). The Balaban J connectivity index is 1.68. The molecule has 1 saturated heterocycles. The highest BCUT2D eigenvalue weighted by molar-refractivity contribution is 5.94. The Morgan fingerprint density at radius 2 is 2.08 bits per heavy atom. The minimum absolute atomic E-state index is 0.0854. The van der Waals surface area contributed by atoms with Gasteiger partial charge in [-0.2, -0.15) is 0 Å². The van der Waals surface area contributed by atoms with Gasteiger partial charge in [0.2, 0.25) is 0 Å².